The first-order valence-electron chi connectivity index (χ1n) is 15.3. The number of amides is 2. The Balaban J connectivity index is 1.26. The van der Waals surface area contributed by atoms with E-state index in [0.29, 0.717) is 42.4 Å². The lowest BCUT2D eigenvalue weighted by Gasteiger charge is -2.25. The number of nitrogens with zero attached hydrogens (tertiary/aromatic N) is 3. The predicted molar refractivity (Wildman–Crippen MR) is 168 cm³/mol. The molecule has 1 saturated heterocycles. The number of nitrogens with one attached hydrogen (secondary N) is 2. The maximum absolute atomic E-state index is 13.5. The molecule has 3 N–H and O–H groups in total. The standard InChI is InChI=1S/C35H41N5O4/c1-23(2)29-15-26(18-36-20-29)19-37-21-32(41)30(16-25-9-5-4-6-10-25)39-33(42)27-11-7-12-28(17-27)35(43)40-14-8-13-31(40)34-38-24(3)22-44-34/h4-7,9-12,15,17-18,20,22-23,30-32,37,41H,8,13-14,16,19,21H2,1-3H3,(H,39,42)/t30-,31+,32-/m0/s1. The van der Waals surface area contributed by atoms with Crippen molar-refractivity contribution < 1.29 is 19.1 Å². The molecular formula is C35H41N5O4. The van der Waals surface area contributed by atoms with E-state index < -0.39 is 12.1 Å². The SMILES string of the molecule is Cc1coc([C@H]2CCCN2C(=O)c2cccc(C(=O)N[C@@H](Cc3ccccc3)[C@@H](O)CNCc3cncc(C(C)C)c3)c2)n1. The maximum atomic E-state index is 13.5. The molecule has 44 heavy (non-hydrogen) atoms. The molecule has 2 amide bonds. The molecule has 9 nitrogen and oxygen atoms in total. The summed E-state index contributed by atoms with van der Waals surface area (Å²) in [4.78, 5) is 37.6. The Morgan fingerprint density at radius 1 is 1.05 bits per heavy atom. The maximum Gasteiger partial charge on any atom is 0.254 e. The van der Waals surface area contributed by atoms with Crippen molar-refractivity contribution in [2.75, 3.05) is 13.1 Å². The topological polar surface area (TPSA) is 121 Å². The number of carbonyl (C=O) groups is 2. The second-order valence-electron chi connectivity index (χ2n) is 11.8. The van der Waals surface area contributed by atoms with Crippen molar-refractivity contribution in [2.24, 2.45) is 0 Å². The average molecular weight is 596 g/mol. The highest BCUT2D eigenvalue weighted by molar-refractivity contribution is 6.00. The zero-order valence-electron chi connectivity index (χ0n) is 25.6. The number of aliphatic hydroxyl groups is 1. The molecule has 2 aromatic heterocycles. The second-order valence-corrected chi connectivity index (χ2v) is 11.8. The monoisotopic (exact) mass is 595 g/mol. The van der Waals surface area contributed by atoms with Crippen LogP contribution in [0.1, 0.15) is 87.6 Å². The Morgan fingerprint density at radius 2 is 1.84 bits per heavy atom. The highest BCUT2D eigenvalue weighted by Crippen LogP contribution is 2.32. The third-order valence-corrected chi connectivity index (χ3v) is 8.05. The summed E-state index contributed by atoms with van der Waals surface area (Å²) in [5, 5.41) is 17.6. The van der Waals surface area contributed by atoms with Gasteiger partial charge in [0.15, 0.2) is 0 Å². The zero-order valence-corrected chi connectivity index (χ0v) is 25.6. The fraction of sp³-hybridized carbons (Fsp3) is 0.371. The van der Waals surface area contributed by atoms with Crippen molar-refractivity contribution in [2.45, 2.75) is 70.7 Å². The van der Waals surface area contributed by atoms with Gasteiger partial charge < -0.3 is 25.1 Å². The molecule has 0 radical (unpaired) electrons. The quantitative estimate of drug-likeness (QED) is 0.212. The molecule has 5 rings (SSSR count). The number of benzene rings is 2. The van der Waals surface area contributed by atoms with Crippen LogP contribution >= 0.6 is 0 Å². The summed E-state index contributed by atoms with van der Waals surface area (Å²) in [6, 6.07) is 17.8. The van der Waals surface area contributed by atoms with Crippen LogP contribution in [-0.2, 0) is 13.0 Å². The normalized spacial score (nSPS) is 16.2. The Kier molecular flexibility index (Phi) is 10.2. The highest BCUT2D eigenvalue weighted by atomic mass is 16.3. The van der Waals surface area contributed by atoms with E-state index in [4.69, 9.17) is 4.42 Å². The van der Waals surface area contributed by atoms with Gasteiger partial charge in [0.2, 0.25) is 5.89 Å². The van der Waals surface area contributed by atoms with Gasteiger partial charge in [-0.15, -0.1) is 0 Å². The summed E-state index contributed by atoms with van der Waals surface area (Å²) in [5.74, 6) is 0.396. The van der Waals surface area contributed by atoms with Gasteiger partial charge in [-0.3, -0.25) is 14.6 Å². The summed E-state index contributed by atoms with van der Waals surface area (Å²) in [6.07, 6.45) is 6.50. The molecule has 3 atom stereocenters. The third-order valence-electron chi connectivity index (χ3n) is 8.05. The number of pyridine rings is 1. The number of hydrogen-bond donors (Lipinski definition) is 3. The van der Waals surface area contributed by atoms with Gasteiger partial charge >= 0.3 is 0 Å². The van der Waals surface area contributed by atoms with Crippen LogP contribution < -0.4 is 10.6 Å². The summed E-state index contributed by atoms with van der Waals surface area (Å²) >= 11 is 0. The average Bonchev–Trinajstić information content (AvgIpc) is 3.70. The van der Waals surface area contributed by atoms with Gasteiger partial charge in [-0.1, -0.05) is 56.3 Å². The van der Waals surface area contributed by atoms with Crippen molar-refractivity contribution >= 4 is 11.8 Å². The minimum Gasteiger partial charge on any atom is -0.446 e. The number of rotatable bonds is 12. The Labute approximate surface area is 258 Å². The van der Waals surface area contributed by atoms with E-state index in [-0.39, 0.29) is 24.4 Å². The van der Waals surface area contributed by atoms with E-state index in [1.54, 1.807) is 35.4 Å². The minimum atomic E-state index is -0.861. The van der Waals surface area contributed by atoms with Gasteiger partial charge in [-0.2, -0.15) is 0 Å². The number of aromatic nitrogens is 2. The fourth-order valence-electron chi connectivity index (χ4n) is 5.58. The number of aryl methyl sites for hydroxylation is 1. The van der Waals surface area contributed by atoms with E-state index in [2.05, 4.69) is 40.5 Å². The lowest BCUT2D eigenvalue weighted by atomic mass is 10.00. The molecule has 1 aliphatic rings. The fourth-order valence-corrected chi connectivity index (χ4v) is 5.58. The van der Waals surface area contributed by atoms with Gasteiger partial charge in [0, 0.05) is 43.2 Å². The van der Waals surface area contributed by atoms with Gasteiger partial charge in [0.1, 0.15) is 12.3 Å². The van der Waals surface area contributed by atoms with Crippen molar-refractivity contribution in [3.8, 4) is 0 Å². The molecule has 0 spiro atoms. The molecule has 0 aliphatic carbocycles. The summed E-state index contributed by atoms with van der Waals surface area (Å²) < 4.78 is 5.61. The van der Waals surface area contributed by atoms with Crippen LogP contribution in [0.2, 0.25) is 0 Å². The number of hydrogen-bond acceptors (Lipinski definition) is 7. The van der Waals surface area contributed by atoms with Gasteiger partial charge in [-0.05, 0) is 67.0 Å². The number of likely N-dealkylation sites (tertiary alicyclic amines) is 1. The predicted octanol–water partition coefficient (Wildman–Crippen LogP) is 4.97. The molecular weight excluding hydrogens is 554 g/mol. The van der Waals surface area contributed by atoms with Crippen molar-refractivity contribution in [3.05, 3.63) is 119 Å². The van der Waals surface area contributed by atoms with Crippen molar-refractivity contribution in [1.29, 1.82) is 0 Å². The summed E-state index contributed by atoms with van der Waals surface area (Å²) in [6.45, 7) is 7.53. The summed E-state index contributed by atoms with van der Waals surface area (Å²) in [7, 11) is 0. The first-order valence-corrected chi connectivity index (χ1v) is 15.3. The van der Waals surface area contributed by atoms with Gasteiger partial charge in [-0.25, -0.2) is 4.98 Å². The second kappa shape index (κ2) is 14.4. The lowest BCUT2D eigenvalue weighted by Crippen LogP contribution is -2.48. The van der Waals surface area contributed by atoms with E-state index >= 15 is 0 Å². The third kappa shape index (κ3) is 7.78. The van der Waals surface area contributed by atoms with E-state index in [0.717, 1.165) is 35.2 Å². The largest absolute Gasteiger partial charge is 0.446 e. The molecule has 230 valence electrons. The van der Waals surface area contributed by atoms with Crippen molar-refractivity contribution in [3.63, 3.8) is 0 Å². The minimum absolute atomic E-state index is 0.168. The summed E-state index contributed by atoms with van der Waals surface area (Å²) in [5.41, 5.74) is 4.74. The van der Waals surface area contributed by atoms with Crippen molar-refractivity contribution in [1.82, 2.24) is 25.5 Å². The number of oxazole rings is 1. The molecule has 0 saturated carbocycles. The van der Waals surface area contributed by atoms with E-state index in [9.17, 15) is 14.7 Å². The number of aliphatic hydroxyl groups excluding tert-OH is 1. The van der Waals surface area contributed by atoms with Crippen LogP contribution in [0.5, 0.6) is 0 Å². The molecule has 9 heteroatoms. The first kappa shape index (κ1) is 31.1. The highest BCUT2D eigenvalue weighted by Gasteiger charge is 2.34. The van der Waals surface area contributed by atoms with Gasteiger partial charge in [0.25, 0.3) is 11.8 Å². The molecule has 2 aromatic carbocycles. The smallest absolute Gasteiger partial charge is 0.254 e. The molecule has 1 aliphatic heterocycles. The Morgan fingerprint density at radius 3 is 2.59 bits per heavy atom. The Hall–Kier alpha value is -4.34. The molecule has 0 bridgehead atoms. The van der Waals surface area contributed by atoms with E-state index in [1.807, 2.05) is 49.6 Å². The first-order chi connectivity index (χ1) is 21.3. The molecule has 1 fully saturated rings. The van der Waals surface area contributed by atoms with Crippen LogP contribution in [0.15, 0.2) is 83.7 Å². The van der Waals surface area contributed by atoms with Crippen LogP contribution in [0.3, 0.4) is 0 Å². The van der Waals surface area contributed by atoms with Crippen LogP contribution in [-0.4, -0.2) is 57.0 Å². The van der Waals surface area contributed by atoms with Crippen LogP contribution in [0, 0.1) is 6.92 Å². The zero-order chi connectivity index (χ0) is 31.1. The lowest BCUT2D eigenvalue weighted by molar-refractivity contribution is 0.0715. The van der Waals surface area contributed by atoms with Crippen LogP contribution in [0.25, 0.3) is 0 Å². The Bertz CT molecular complexity index is 1550. The molecule has 0 unspecified atom stereocenters. The van der Waals surface area contributed by atoms with E-state index in [1.165, 1.54) is 0 Å². The molecule has 4 aromatic rings. The van der Waals surface area contributed by atoms with Crippen LogP contribution in [0.4, 0.5) is 0 Å². The number of carbonyl (C=O) groups excluding carboxylic acids is 2. The van der Waals surface area contributed by atoms with Gasteiger partial charge in [0.05, 0.1) is 17.8 Å². The molecule has 3 heterocycles.